The molecule has 18 heteroatoms. The number of aromatic nitrogens is 2. The fourth-order valence-electron chi connectivity index (χ4n) is 10.4. The van der Waals surface area contributed by atoms with E-state index in [1.165, 1.54) is 27.3 Å². The number of nitrogens with one attached hydrogen (secondary N) is 2. The highest BCUT2D eigenvalue weighted by Gasteiger charge is 2.46. The van der Waals surface area contributed by atoms with Crippen molar-refractivity contribution in [2.24, 2.45) is 16.3 Å². The molecule has 5 amide bonds. The van der Waals surface area contributed by atoms with E-state index < -0.39 is 46.9 Å². The zero-order valence-electron chi connectivity index (χ0n) is 42.3. The lowest BCUT2D eigenvalue weighted by Crippen LogP contribution is -2.63. The fourth-order valence-corrected chi connectivity index (χ4v) is 11.3. The number of thiazole rings is 1. The number of urea groups is 1. The van der Waals surface area contributed by atoms with Gasteiger partial charge in [0.05, 0.1) is 54.5 Å². The van der Waals surface area contributed by atoms with Gasteiger partial charge >= 0.3 is 12.0 Å². The van der Waals surface area contributed by atoms with Crippen LogP contribution < -0.4 is 10.7 Å². The lowest BCUT2D eigenvalue weighted by atomic mass is 9.84. The number of benzene rings is 1. The van der Waals surface area contributed by atoms with Crippen molar-refractivity contribution in [3.05, 3.63) is 70.9 Å². The molecule has 5 atom stereocenters. The number of cyclic esters (lactones) is 1. The molecule has 0 aliphatic carbocycles. The summed E-state index contributed by atoms with van der Waals surface area (Å²) in [4.78, 5) is 84.8. The minimum absolute atomic E-state index is 0.0564. The number of aryl methyl sites for hydroxylation is 1. The minimum Gasteiger partial charge on any atom is -0.464 e. The molecule has 2 aromatic heterocycles. The van der Waals surface area contributed by atoms with Crippen molar-refractivity contribution < 1.29 is 38.2 Å². The molecular formula is C52H71N9O8S. The molecule has 17 nitrogen and oxygen atoms in total. The van der Waals surface area contributed by atoms with Crippen molar-refractivity contribution in [3.63, 3.8) is 0 Å². The van der Waals surface area contributed by atoms with E-state index in [1.807, 2.05) is 39.2 Å². The largest absolute Gasteiger partial charge is 0.464 e. The molecule has 0 unspecified atom stereocenters. The highest BCUT2D eigenvalue weighted by Crippen LogP contribution is 2.40. The van der Waals surface area contributed by atoms with Crippen LogP contribution in [0.5, 0.6) is 0 Å². The predicted octanol–water partition coefficient (Wildman–Crippen LogP) is 6.02. The van der Waals surface area contributed by atoms with Gasteiger partial charge in [-0.2, -0.15) is 0 Å². The Morgan fingerprint density at radius 3 is 2.56 bits per heavy atom. The number of hydrogen-bond acceptors (Lipinski definition) is 12. The van der Waals surface area contributed by atoms with Crippen LogP contribution in [0.25, 0.3) is 27.7 Å². The van der Waals surface area contributed by atoms with Gasteiger partial charge in [-0.25, -0.2) is 15.2 Å². The monoisotopic (exact) mass is 982 g/mol. The van der Waals surface area contributed by atoms with Crippen molar-refractivity contribution in [1.82, 2.24) is 40.0 Å². The Hall–Kier alpha value is -5.69. The SMILES string of the molecule is C=CC(=O)N1CC[C@]2(C1)CN(C(=O)N(C)[C@H](C(=O)N[C@H]1Cc3nc(cs3)-c3ccc4c(c3)c(c(/C(C=C)=C(/N=CC)[C@H](C)OC)n4CC)CC(C)(C)COC(=O)[C@@H]3CCCN(N3)C1=O)C(C)C)CCO2. The third kappa shape index (κ3) is 10.8. The van der Waals surface area contributed by atoms with Gasteiger partial charge in [-0.05, 0) is 76.1 Å². The van der Waals surface area contributed by atoms with Crippen LogP contribution in [0.1, 0.15) is 84.0 Å². The average Bonchev–Trinajstić information content (AvgIpc) is 4.07. The number of hydrogen-bond donors (Lipinski definition) is 2. The quantitative estimate of drug-likeness (QED) is 0.0999. The van der Waals surface area contributed by atoms with Crippen LogP contribution >= 0.6 is 11.3 Å². The molecule has 0 saturated carbocycles. The van der Waals surface area contributed by atoms with Gasteiger partial charge in [-0.15, -0.1) is 11.3 Å². The third-order valence-corrected chi connectivity index (χ3v) is 14.9. The number of allylic oxidation sites excluding steroid dienone is 2. The fraction of sp³-hybridized carbons (Fsp3) is 0.558. The number of carbonyl (C=O) groups excluding carboxylic acids is 5. The summed E-state index contributed by atoms with van der Waals surface area (Å²) in [6, 6.07) is 3.08. The molecule has 6 heterocycles. The van der Waals surface area contributed by atoms with E-state index >= 15 is 0 Å². The maximum absolute atomic E-state index is 14.7. The maximum Gasteiger partial charge on any atom is 0.324 e. The Morgan fingerprint density at radius 1 is 1.11 bits per heavy atom. The Balaban J connectivity index is 1.24. The summed E-state index contributed by atoms with van der Waals surface area (Å²) in [5.74, 6) is -1.94. The number of esters is 1. The number of aliphatic imine (C=N–C) groups is 1. The number of likely N-dealkylation sites (tertiary alicyclic amines) is 1. The van der Waals surface area contributed by atoms with Crippen LogP contribution in [0.3, 0.4) is 0 Å². The van der Waals surface area contributed by atoms with Gasteiger partial charge in [-0.3, -0.25) is 29.2 Å². The maximum atomic E-state index is 14.7. The minimum atomic E-state index is -1.11. The lowest BCUT2D eigenvalue weighted by Gasteiger charge is -2.43. The normalized spacial score (nSPS) is 23.3. The number of amides is 5. The second-order valence-electron chi connectivity index (χ2n) is 20.0. The summed E-state index contributed by atoms with van der Waals surface area (Å²) in [7, 11) is 3.27. The Bertz CT molecular complexity index is 2560. The molecule has 6 bridgehead atoms. The van der Waals surface area contributed by atoms with Crippen LogP contribution in [-0.2, 0) is 52.8 Å². The molecule has 2 N–H and O–H groups in total. The number of hydrazine groups is 1. The van der Waals surface area contributed by atoms with Crippen molar-refractivity contribution in [3.8, 4) is 11.3 Å². The molecule has 4 aliphatic heterocycles. The van der Waals surface area contributed by atoms with Gasteiger partial charge in [-0.1, -0.05) is 53.0 Å². The molecule has 0 radical (unpaired) electrons. The van der Waals surface area contributed by atoms with Crippen LogP contribution in [0.4, 0.5) is 4.79 Å². The zero-order chi connectivity index (χ0) is 50.7. The van der Waals surface area contributed by atoms with Gasteiger partial charge < -0.3 is 38.8 Å². The molecule has 3 saturated heterocycles. The van der Waals surface area contributed by atoms with E-state index in [4.69, 9.17) is 24.2 Å². The highest BCUT2D eigenvalue weighted by atomic mass is 32.1. The smallest absolute Gasteiger partial charge is 0.324 e. The van der Waals surface area contributed by atoms with E-state index in [-0.39, 0.29) is 50.1 Å². The molecule has 70 heavy (non-hydrogen) atoms. The predicted molar refractivity (Wildman–Crippen MR) is 272 cm³/mol. The Morgan fingerprint density at radius 2 is 1.87 bits per heavy atom. The van der Waals surface area contributed by atoms with Crippen molar-refractivity contribution >= 4 is 63.7 Å². The van der Waals surface area contributed by atoms with Crippen LogP contribution in [-0.4, -0.2) is 155 Å². The molecule has 3 fully saturated rings. The zero-order valence-corrected chi connectivity index (χ0v) is 43.2. The van der Waals surface area contributed by atoms with E-state index in [2.05, 4.69) is 67.4 Å². The number of carbonyl (C=O) groups is 5. The molecule has 378 valence electrons. The van der Waals surface area contributed by atoms with Crippen LogP contribution in [0.2, 0.25) is 0 Å². The van der Waals surface area contributed by atoms with Gasteiger partial charge in [0, 0.05) is 85.8 Å². The lowest BCUT2D eigenvalue weighted by molar-refractivity contribution is -0.155. The summed E-state index contributed by atoms with van der Waals surface area (Å²) in [6.07, 6.45) is 6.69. The van der Waals surface area contributed by atoms with Gasteiger partial charge in [0.2, 0.25) is 11.8 Å². The number of likely N-dealkylation sites (N-methyl/N-ethyl adjacent to an activating group) is 1. The number of fused-ring (bicyclic) bond motifs is 6. The number of nitrogens with zero attached hydrogens (tertiary/aromatic N) is 7. The first-order valence-corrected chi connectivity index (χ1v) is 25.4. The average molecular weight is 982 g/mol. The van der Waals surface area contributed by atoms with Crippen LogP contribution in [0, 0.1) is 11.3 Å². The Kier molecular flexibility index (Phi) is 16.2. The third-order valence-electron chi connectivity index (χ3n) is 14.0. The van der Waals surface area contributed by atoms with Crippen molar-refractivity contribution in [2.75, 3.05) is 60.1 Å². The topological polar surface area (TPSA) is 180 Å². The molecule has 1 aromatic carbocycles. The second kappa shape index (κ2) is 21.7. The summed E-state index contributed by atoms with van der Waals surface area (Å²) in [5, 5.41) is 8.06. The first-order chi connectivity index (χ1) is 33.4. The molecule has 4 aliphatic rings. The summed E-state index contributed by atoms with van der Waals surface area (Å²) < 4.78 is 20.4. The molecular weight excluding hydrogens is 911 g/mol. The number of ether oxygens (including phenoxy) is 3. The van der Waals surface area contributed by atoms with Gasteiger partial charge in [0.1, 0.15) is 23.7 Å². The summed E-state index contributed by atoms with van der Waals surface area (Å²) >= 11 is 1.40. The first kappa shape index (κ1) is 52.1. The van der Waals surface area contributed by atoms with E-state index in [0.717, 1.165) is 44.7 Å². The van der Waals surface area contributed by atoms with E-state index in [1.54, 1.807) is 30.2 Å². The van der Waals surface area contributed by atoms with Crippen LogP contribution in [0.15, 0.2) is 59.6 Å². The van der Waals surface area contributed by atoms with Gasteiger partial charge in [0.15, 0.2) is 0 Å². The van der Waals surface area contributed by atoms with E-state index in [0.29, 0.717) is 63.4 Å². The summed E-state index contributed by atoms with van der Waals surface area (Å²) in [5.41, 5.74) is 8.10. The Labute approximate surface area is 415 Å². The first-order valence-electron chi connectivity index (χ1n) is 24.5. The number of morpholine rings is 1. The second-order valence-corrected chi connectivity index (χ2v) is 20.9. The van der Waals surface area contributed by atoms with Crippen molar-refractivity contribution in [1.29, 1.82) is 0 Å². The van der Waals surface area contributed by atoms with Crippen molar-refractivity contribution in [2.45, 2.75) is 117 Å². The standard InChI is InChI=1S/C52H71N9O8S/c1-12-35(44(53-14-3)33(7)67-11)46-37-27-51(8,9)31-68-49(65)38-17-16-21-61(56-38)48(64)39(26-42-54-40(28-70-42)34-18-19-41(36(37)25-34)60(46)15-4)55-47(63)45(32(5)6)57(10)50(66)59-23-24-69-52(30-59)20-22-58(29-52)43(62)13-2/h12-14,18-19,25,28,32-33,38-39,45,56H,1-2,15-17,20-24,26-27,29-31H2,3-11H3,(H,55,63)/b44-35+,53-14?/t33-,38-,39-,45-,52-/m0/s1. The number of methoxy groups -OCH3 is 1. The van der Waals surface area contributed by atoms with Gasteiger partial charge in [0.25, 0.3) is 5.91 Å². The molecule has 7 rings (SSSR count). The number of rotatable bonds is 11. The highest BCUT2D eigenvalue weighted by molar-refractivity contribution is 7.10. The van der Waals surface area contributed by atoms with E-state index in [9.17, 15) is 24.0 Å². The summed E-state index contributed by atoms with van der Waals surface area (Å²) in [6.45, 7) is 24.5. The molecule has 1 spiro atoms. The molecule has 3 aromatic rings.